The smallest absolute Gasteiger partial charge is 0.269 e. The minimum absolute atomic E-state index is 0.119. The molecule has 0 atom stereocenters. The van der Waals surface area contributed by atoms with E-state index in [1.165, 1.54) is 6.20 Å². The van der Waals surface area contributed by atoms with E-state index in [-0.39, 0.29) is 10.7 Å². The highest BCUT2D eigenvalue weighted by molar-refractivity contribution is 7.90. The fourth-order valence-corrected chi connectivity index (χ4v) is 3.04. The summed E-state index contributed by atoms with van der Waals surface area (Å²) in [4.78, 5) is 4.15. The number of nitrogens with zero attached hydrogens (tertiary/aromatic N) is 2. The molecule has 0 saturated carbocycles. The molecule has 0 spiro atoms. The maximum Gasteiger partial charge on any atom is 0.269 e. The number of aliphatic hydroxyl groups excluding tert-OH is 1. The van der Waals surface area contributed by atoms with Gasteiger partial charge in [-0.1, -0.05) is 17.7 Å². The van der Waals surface area contributed by atoms with Gasteiger partial charge in [-0.3, -0.25) is 0 Å². The fourth-order valence-electron chi connectivity index (χ4n) is 1.66. The Hall–Kier alpha value is -1.66. The van der Waals surface area contributed by atoms with Crippen LogP contribution in [-0.2, 0) is 16.6 Å². The van der Waals surface area contributed by atoms with Gasteiger partial charge in [0.2, 0.25) is 0 Å². The minimum atomic E-state index is -3.68. The van der Waals surface area contributed by atoms with E-state index in [1.54, 1.807) is 31.2 Å². The Morgan fingerprint density at radius 1 is 1.22 bits per heavy atom. The predicted molar refractivity (Wildman–Crippen MR) is 66.6 cm³/mol. The van der Waals surface area contributed by atoms with Gasteiger partial charge in [-0.15, -0.1) is 0 Å². The lowest BCUT2D eigenvalue weighted by atomic mass is 10.2. The van der Waals surface area contributed by atoms with Crippen molar-refractivity contribution < 1.29 is 13.5 Å². The number of imidazole rings is 1. The molecular weight excluding hydrogens is 252 g/mol. The van der Waals surface area contributed by atoms with Gasteiger partial charge < -0.3 is 5.11 Å². The molecule has 0 radical (unpaired) electrons. The maximum atomic E-state index is 12.4. The van der Waals surface area contributed by atoms with Crippen LogP contribution >= 0.6 is 0 Å². The Balaban J connectivity index is 2.57. The van der Waals surface area contributed by atoms with Crippen LogP contribution in [-0.4, -0.2) is 22.5 Å². The molecule has 1 aromatic carbocycles. The van der Waals surface area contributed by atoms with Gasteiger partial charge in [-0.05, 0) is 26.0 Å². The number of aromatic nitrogens is 2. The molecule has 0 aliphatic rings. The van der Waals surface area contributed by atoms with Crippen LogP contribution in [0.5, 0.6) is 0 Å². The summed E-state index contributed by atoms with van der Waals surface area (Å²) < 4.78 is 25.7. The maximum absolute atomic E-state index is 12.4. The van der Waals surface area contributed by atoms with Crippen molar-refractivity contribution in [3.63, 3.8) is 0 Å². The Kier molecular flexibility index (Phi) is 3.23. The molecule has 96 valence electrons. The van der Waals surface area contributed by atoms with E-state index >= 15 is 0 Å². The van der Waals surface area contributed by atoms with Crippen LogP contribution in [0.15, 0.2) is 35.4 Å². The fraction of sp³-hybridized carbons (Fsp3) is 0.250. The lowest BCUT2D eigenvalue weighted by Crippen LogP contribution is -2.15. The van der Waals surface area contributed by atoms with Crippen LogP contribution in [0.3, 0.4) is 0 Å². The molecule has 0 fully saturated rings. The highest BCUT2D eigenvalue weighted by atomic mass is 32.2. The zero-order valence-electron chi connectivity index (χ0n) is 10.2. The third-order valence-electron chi connectivity index (χ3n) is 2.58. The molecule has 6 heteroatoms. The standard InChI is InChI=1S/C12H14N2O3S/c1-9-3-5-11(6-4-9)18(16,17)14-7-10(2)13-12(14)8-15/h3-7,15H,8H2,1-2H3. The second kappa shape index (κ2) is 4.55. The first-order chi connectivity index (χ1) is 8.45. The zero-order valence-corrected chi connectivity index (χ0v) is 11.0. The minimum Gasteiger partial charge on any atom is -0.388 e. The van der Waals surface area contributed by atoms with E-state index in [1.807, 2.05) is 6.92 Å². The lowest BCUT2D eigenvalue weighted by Gasteiger charge is -2.07. The summed E-state index contributed by atoms with van der Waals surface area (Å²) in [5.41, 5.74) is 1.54. The summed E-state index contributed by atoms with van der Waals surface area (Å²) in [5, 5.41) is 9.14. The molecule has 1 N–H and O–H groups in total. The predicted octanol–water partition coefficient (Wildman–Crippen LogP) is 1.23. The summed E-state index contributed by atoms with van der Waals surface area (Å²) in [7, 11) is -3.68. The molecule has 18 heavy (non-hydrogen) atoms. The SMILES string of the molecule is Cc1ccc(S(=O)(=O)n2cc(C)nc2CO)cc1. The first-order valence-corrected chi connectivity index (χ1v) is 6.87. The van der Waals surface area contributed by atoms with Crippen molar-refractivity contribution >= 4 is 10.0 Å². The third-order valence-corrected chi connectivity index (χ3v) is 4.29. The van der Waals surface area contributed by atoms with Crippen molar-refractivity contribution in [2.24, 2.45) is 0 Å². The van der Waals surface area contributed by atoms with Gasteiger partial charge >= 0.3 is 0 Å². The largest absolute Gasteiger partial charge is 0.388 e. The second-order valence-electron chi connectivity index (χ2n) is 4.07. The lowest BCUT2D eigenvalue weighted by molar-refractivity contribution is 0.270. The van der Waals surface area contributed by atoms with Crippen LogP contribution in [0.1, 0.15) is 17.1 Å². The first-order valence-electron chi connectivity index (χ1n) is 5.43. The van der Waals surface area contributed by atoms with Crippen LogP contribution < -0.4 is 0 Å². The van der Waals surface area contributed by atoms with Crippen LogP contribution in [0.25, 0.3) is 0 Å². The van der Waals surface area contributed by atoms with Gasteiger partial charge in [0, 0.05) is 6.20 Å². The average Bonchev–Trinajstić information content (AvgIpc) is 2.72. The number of rotatable bonds is 3. The number of benzene rings is 1. The Morgan fingerprint density at radius 2 is 1.83 bits per heavy atom. The summed E-state index contributed by atoms with van der Waals surface area (Å²) in [6, 6.07) is 6.55. The molecule has 2 aromatic rings. The summed E-state index contributed by atoms with van der Waals surface area (Å²) >= 11 is 0. The van der Waals surface area contributed by atoms with Crippen molar-refractivity contribution in [1.82, 2.24) is 8.96 Å². The van der Waals surface area contributed by atoms with Gasteiger partial charge in [0.1, 0.15) is 12.4 Å². The molecule has 1 aromatic heterocycles. The molecule has 0 saturated heterocycles. The highest BCUT2D eigenvalue weighted by Crippen LogP contribution is 2.17. The van der Waals surface area contributed by atoms with E-state index in [0.717, 1.165) is 9.54 Å². The number of aryl methyl sites for hydroxylation is 2. The topological polar surface area (TPSA) is 72.2 Å². The van der Waals surface area contributed by atoms with E-state index in [0.29, 0.717) is 5.69 Å². The average molecular weight is 266 g/mol. The van der Waals surface area contributed by atoms with Crippen molar-refractivity contribution in [3.8, 4) is 0 Å². The van der Waals surface area contributed by atoms with Crippen molar-refractivity contribution in [2.45, 2.75) is 25.3 Å². The third kappa shape index (κ3) is 2.16. The molecule has 2 rings (SSSR count). The molecule has 5 nitrogen and oxygen atoms in total. The molecule has 0 aliphatic heterocycles. The molecular formula is C12H14N2O3S. The summed E-state index contributed by atoms with van der Waals surface area (Å²) in [6.45, 7) is 3.15. The molecule has 0 bridgehead atoms. The van der Waals surface area contributed by atoms with Crippen molar-refractivity contribution in [2.75, 3.05) is 0 Å². The van der Waals surface area contributed by atoms with Crippen molar-refractivity contribution in [1.29, 1.82) is 0 Å². The molecule has 0 aliphatic carbocycles. The highest BCUT2D eigenvalue weighted by Gasteiger charge is 2.20. The molecule has 1 heterocycles. The zero-order chi connectivity index (χ0) is 13.3. The summed E-state index contributed by atoms with van der Waals surface area (Å²) in [5.74, 6) is 0.119. The van der Waals surface area contributed by atoms with Crippen LogP contribution in [0, 0.1) is 13.8 Å². The second-order valence-corrected chi connectivity index (χ2v) is 5.89. The monoisotopic (exact) mass is 266 g/mol. The molecule has 0 amide bonds. The normalized spacial score (nSPS) is 11.7. The van der Waals surface area contributed by atoms with Gasteiger partial charge in [-0.2, -0.15) is 0 Å². The molecule has 0 unspecified atom stereocenters. The van der Waals surface area contributed by atoms with Crippen molar-refractivity contribution in [3.05, 3.63) is 47.5 Å². The number of aliphatic hydroxyl groups is 1. The number of hydrogen-bond donors (Lipinski definition) is 1. The Labute approximate surface area is 106 Å². The Bertz CT molecular complexity index is 657. The van der Waals surface area contributed by atoms with Gasteiger partial charge in [-0.25, -0.2) is 17.4 Å². The van der Waals surface area contributed by atoms with Gasteiger partial charge in [0.05, 0.1) is 10.6 Å². The van der Waals surface area contributed by atoms with Crippen LogP contribution in [0.2, 0.25) is 0 Å². The van der Waals surface area contributed by atoms with E-state index < -0.39 is 16.6 Å². The van der Waals surface area contributed by atoms with E-state index in [9.17, 15) is 8.42 Å². The van der Waals surface area contributed by atoms with E-state index in [4.69, 9.17) is 5.11 Å². The quantitative estimate of drug-likeness (QED) is 0.907. The van der Waals surface area contributed by atoms with Gasteiger partial charge in [0.15, 0.2) is 0 Å². The van der Waals surface area contributed by atoms with E-state index in [2.05, 4.69) is 4.98 Å². The van der Waals surface area contributed by atoms with Gasteiger partial charge in [0.25, 0.3) is 10.0 Å². The van der Waals surface area contributed by atoms with Crippen LogP contribution in [0.4, 0.5) is 0 Å². The number of hydrogen-bond acceptors (Lipinski definition) is 4. The first kappa shape index (κ1) is 12.8. The Morgan fingerprint density at radius 3 is 2.39 bits per heavy atom. The summed E-state index contributed by atoms with van der Waals surface area (Å²) in [6.07, 6.45) is 1.40.